The average Bonchev–Trinajstić information content (AvgIpc) is 3.21. The van der Waals surface area contributed by atoms with Crippen molar-refractivity contribution < 1.29 is 64.5 Å². The normalized spacial score (nSPS) is 11.3. The van der Waals surface area contributed by atoms with Gasteiger partial charge in [0, 0.05) is 25.0 Å². The standard InChI is InChI=1S/C22H23N6O3S.K/c1-14(2)16-10-9-15(31-4)11-19(16)26-21-22(25-18-8-6-5-7-17(18)24-21)27-32(29,30)20-12-28(3)13-23-20;/h5-14H,1-4H3,(H-,24,25,26,27);/q-1;+1. The number of nitrogens with one attached hydrogen (secondary N) is 1. The summed E-state index contributed by atoms with van der Waals surface area (Å²) in [7, 11) is -0.816. The molecule has 9 nitrogen and oxygen atoms in total. The summed E-state index contributed by atoms with van der Waals surface area (Å²) in [6.45, 7) is 4.13. The van der Waals surface area contributed by atoms with E-state index in [1.807, 2.05) is 24.3 Å². The van der Waals surface area contributed by atoms with Gasteiger partial charge in [0.15, 0.2) is 5.03 Å². The van der Waals surface area contributed by atoms with Crippen LogP contribution >= 0.6 is 0 Å². The van der Waals surface area contributed by atoms with E-state index in [1.54, 1.807) is 36.9 Å². The van der Waals surface area contributed by atoms with Gasteiger partial charge < -0.3 is 24.3 Å². The molecule has 0 aliphatic heterocycles. The molecule has 0 spiro atoms. The maximum atomic E-state index is 12.9. The predicted molar refractivity (Wildman–Crippen MR) is 123 cm³/mol. The summed E-state index contributed by atoms with van der Waals surface area (Å²) >= 11 is 0. The van der Waals surface area contributed by atoms with Crippen molar-refractivity contribution in [1.82, 2.24) is 19.5 Å². The van der Waals surface area contributed by atoms with Crippen molar-refractivity contribution in [3.63, 3.8) is 0 Å². The molecule has 4 rings (SSSR count). The molecule has 4 aromatic rings. The monoisotopic (exact) mass is 490 g/mol. The number of anilines is 2. The summed E-state index contributed by atoms with van der Waals surface area (Å²) < 4.78 is 36.6. The first-order valence-corrected chi connectivity index (χ1v) is 11.4. The van der Waals surface area contributed by atoms with Crippen LogP contribution in [0.2, 0.25) is 0 Å². The molecule has 2 heterocycles. The summed E-state index contributed by atoms with van der Waals surface area (Å²) in [5.74, 6) is 1.03. The van der Waals surface area contributed by atoms with Gasteiger partial charge in [-0.3, -0.25) is 0 Å². The zero-order valence-electron chi connectivity index (χ0n) is 19.1. The van der Waals surface area contributed by atoms with E-state index in [2.05, 4.69) is 38.8 Å². The molecule has 0 atom stereocenters. The van der Waals surface area contributed by atoms with Crippen LogP contribution in [0.3, 0.4) is 0 Å². The summed E-state index contributed by atoms with van der Waals surface area (Å²) in [6.07, 6.45) is 2.79. The molecular formula is C22H23KN6O3S. The fraction of sp³-hybridized carbons (Fsp3) is 0.227. The van der Waals surface area contributed by atoms with Crippen LogP contribution in [0.15, 0.2) is 60.0 Å². The number of benzene rings is 2. The third-order valence-corrected chi connectivity index (χ3v) is 5.99. The zero-order chi connectivity index (χ0) is 22.9. The Kier molecular flexibility index (Phi) is 8.14. The Morgan fingerprint density at radius 1 is 1.09 bits per heavy atom. The van der Waals surface area contributed by atoms with Crippen molar-refractivity contribution in [3.05, 3.63) is 65.3 Å². The second kappa shape index (κ2) is 10.5. The number of sulfonamides is 1. The van der Waals surface area contributed by atoms with Gasteiger partial charge in [-0.15, -0.1) is 0 Å². The first kappa shape index (κ1) is 25.6. The number of para-hydroxylation sites is 2. The van der Waals surface area contributed by atoms with Gasteiger partial charge in [-0.2, -0.15) is 0 Å². The van der Waals surface area contributed by atoms with Crippen LogP contribution in [0.4, 0.5) is 17.3 Å². The smallest absolute Gasteiger partial charge is 0.497 e. The minimum atomic E-state index is -4.09. The molecule has 1 N–H and O–H groups in total. The van der Waals surface area contributed by atoms with Gasteiger partial charge in [0.25, 0.3) is 0 Å². The van der Waals surface area contributed by atoms with Crippen molar-refractivity contribution in [3.8, 4) is 5.75 Å². The summed E-state index contributed by atoms with van der Waals surface area (Å²) in [6, 6.07) is 12.9. The van der Waals surface area contributed by atoms with Crippen LogP contribution in [0, 0.1) is 0 Å². The van der Waals surface area contributed by atoms with Crippen LogP contribution in [-0.4, -0.2) is 35.0 Å². The summed E-state index contributed by atoms with van der Waals surface area (Å²) in [5, 5.41) is 3.07. The Morgan fingerprint density at radius 3 is 2.39 bits per heavy atom. The van der Waals surface area contributed by atoms with E-state index in [4.69, 9.17) is 4.74 Å². The topological polar surface area (TPSA) is 113 Å². The second-order valence-corrected chi connectivity index (χ2v) is 9.11. The molecule has 0 fully saturated rings. The minimum Gasteiger partial charge on any atom is -0.497 e. The number of methoxy groups -OCH3 is 1. The van der Waals surface area contributed by atoms with Crippen LogP contribution in [-0.2, 0) is 17.1 Å². The Bertz CT molecular complexity index is 1390. The molecule has 33 heavy (non-hydrogen) atoms. The Hall–Kier alpha value is -2.02. The Labute approximate surface area is 235 Å². The molecule has 0 aliphatic carbocycles. The molecule has 0 unspecified atom stereocenters. The van der Waals surface area contributed by atoms with Crippen molar-refractivity contribution in [2.24, 2.45) is 7.05 Å². The molecule has 0 saturated carbocycles. The Balaban J connectivity index is 0.00000306. The van der Waals surface area contributed by atoms with Gasteiger partial charge in [0.1, 0.15) is 11.6 Å². The van der Waals surface area contributed by atoms with Crippen LogP contribution in [0.5, 0.6) is 5.75 Å². The van der Waals surface area contributed by atoms with Crippen molar-refractivity contribution in [2.45, 2.75) is 24.8 Å². The van der Waals surface area contributed by atoms with Gasteiger partial charge in [-0.25, -0.2) is 18.4 Å². The third kappa shape index (κ3) is 5.73. The fourth-order valence-corrected chi connectivity index (χ4v) is 4.15. The zero-order valence-corrected chi connectivity index (χ0v) is 23.1. The van der Waals surface area contributed by atoms with Gasteiger partial charge >= 0.3 is 51.4 Å². The molecule has 166 valence electrons. The van der Waals surface area contributed by atoms with E-state index in [0.717, 1.165) is 11.3 Å². The summed E-state index contributed by atoms with van der Waals surface area (Å²) in [5.41, 5.74) is 2.89. The number of rotatable bonds is 7. The number of fused-ring (bicyclic) bond motifs is 1. The summed E-state index contributed by atoms with van der Waals surface area (Å²) in [4.78, 5) is 13.0. The van der Waals surface area contributed by atoms with E-state index in [9.17, 15) is 8.42 Å². The van der Waals surface area contributed by atoms with Gasteiger partial charge in [0.05, 0.1) is 19.0 Å². The first-order chi connectivity index (χ1) is 15.3. The van der Waals surface area contributed by atoms with Crippen LogP contribution in [0.25, 0.3) is 15.8 Å². The molecule has 0 aliphatic rings. The maximum Gasteiger partial charge on any atom is 1.00 e. The molecule has 11 heteroatoms. The fourth-order valence-electron chi connectivity index (χ4n) is 3.22. The van der Waals surface area contributed by atoms with E-state index in [0.29, 0.717) is 16.8 Å². The van der Waals surface area contributed by atoms with Crippen molar-refractivity contribution in [1.29, 1.82) is 0 Å². The maximum absolute atomic E-state index is 12.9. The quantitative estimate of drug-likeness (QED) is 0.392. The predicted octanol–water partition coefficient (Wildman–Crippen LogP) is 1.64. The number of imidazole rings is 1. The molecule has 2 aromatic carbocycles. The van der Waals surface area contributed by atoms with Gasteiger partial charge in [0.2, 0.25) is 10.0 Å². The molecule has 0 amide bonds. The van der Waals surface area contributed by atoms with Crippen molar-refractivity contribution >= 4 is 38.4 Å². The number of aryl methyl sites for hydroxylation is 1. The molecule has 0 radical (unpaired) electrons. The van der Waals surface area contributed by atoms with Gasteiger partial charge in [-0.1, -0.05) is 38.1 Å². The average molecular weight is 491 g/mol. The van der Waals surface area contributed by atoms with E-state index in [1.165, 1.54) is 12.5 Å². The minimum absolute atomic E-state index is 0. The number of ether oxygens (including phenoxy) is 1. The number of nitrogens with zero attached hydrogens (tertiary/aromatic N) is 5. The van der Waals surface area contributed by atoms with Crippen molar-refractivity contribution in [2.75, 3.05) is 12.4 Å². The van der Waals surface area contributed by atoms with Crippen LogP contribution < -0.4 is 61.4 Å². The molecular weight excluding hydrogens is 467 g/mol. The van der Waals surface area contributed by atoms with E-state index >= 15 is 0 Å². The number of hydrogen-bond acceptors (Lipinski definition) is 7. The number of hydrogen-bond donors (Lipinski definition) is 1. The molecule has 0 bridgehead atoms. The van der Waals surface area contributed by atoms with Gasteiger partial charge in [-0.05, 0) is 34.9 Å². The SMILES string of the molecule is COc1ccc(C(C)C)c(Nc2nc3ccccc3nc2[N-]S(=O)(=O)c2cn(C)cn2)c1.[K+]. The third-order valence-electron chi connectivity index (χ3n) is 4.84. The van der Waals surface area contributed by atoms with Crippen LogP contribution in [0.1, 0.15) is 25.3 Å². The van der Waals surface area contributed by atoms with E-state index in [-0.39, 0.29) is 74.0 Å². The largest absolute Gasteiger partial charge is 1.00 e. The molecule has 2 aromatic heterocycles. The Morgan fingerprint density at radius 2 is 1.79 bits per heavy atom. The second-order valence-electron chi connectivity index (χ2n) is 7.56. The first-order valence-electron chi connectivity index (χ1n) is 9.94. The molecule has 0 saturated heterocycles. The number of aromatic nitrogens is 4. The van der Waals surface area contributed by atoms with E-state index < -0.39 is 10.0 Å².